The van der Waals surface area contributed by atoms with Crippen LogP contribution in [-0.4, -0.2) is 16.3 Å². The van der Waals surface area contributed by atoms with Crippen molar-refractivity contribution in [1.29, 1.82) is 0 Å². The number of hydrogen-bond donors (Lipinski definition) is 0. The minimum absolute atomic E-state index is 0.0995. The molecule has 0 saturated heterocycles. The van der Waals surface area contributed by atoms with E-state index in [0.29, 0.717) is 0 Å². The monoisotopic (exact) mass is 278 g/mol. The quantitative estimate of drug-likeness (QED) is 0.393. The molecule has 0 aromatic carbocycles. The average Bonchev–Trinajstić information content (AvgIpc) is 1.59. The smallest absolute Gasteiger partial charge is 0.230 e. The highest BCUT2D eigenvalue weighted by molar-refractivity contribution is 14.1. The predicted octanol–water partition coefficient (Wildman–Crippen LogP) is 2.91. The van der Waals surface area contributed by atoms with Crippen molar-refractivity contribution in [2.45, 2.75) is 16.3 Å². The van der Waals surface area contributed by atoms with Gasteiger partial charge >= 0.3 is 10.1 Å². The molecule has 0 aromatic rings. The molecule has 0 aliphatic carbocycles. The second-order valence-electron chi connectivity index (χ2n) is 1.45. The number of rotatable bonds is 1. The van der Waals surface area contributed by atoms with E-state index in [9.17, 15) is 26.3 Å². The fourth-order valence-corrected chi connectivity index (χ4v) is 0.539. The van der Waals surface area contributed by atoms with E-state index in [-0.39, 0.29) is 22.6 Å². The van der Waals surface area contributed by atoms with Gasteiger partial charge in [0.25, 0.3) is 6.17 Å². The predicted molar refractivity (Wildman–Crippen MR) is 29.9 cm³/mol. The summed E-state index contributed by atoms with van der Waals surface area (Å²) in [6.07, 6.45) is -9.56. The van der Waals surface area contributed by atoms with E-state index in [2.05, 4.69) is 0 Å². The molecule has 62 valence electrons. The van der Waals surface area contributed by atoms with E-state index in [4.69, 9.17) is 0 Å². The minimum Gasteiger partial charge on any atom is -0.230 e. The van der Waals surface area contributed by atoms with Crippen LogP contribution in [0.4, 0.5) is 26.3 Å². The van der Waals surface area contributed by atoms with Gasteiger partial charge in [-0.15, -0.1) is 0 Å². The molecule has 1 atom stereocenters. The first-order valence-corrected chi connectivity index (χ1v) is 3.01. The summed E-state index contributed by atoms with van der Waals surface area (Å²) in [5, 5.41) is 0. The van der Waals surface area contributed by atoms with Crippen LogP contribution in [0.3, 0.4) is 0 Å². The third-order valence-electron chi connectivity index (χ3n) is 0.575. The maximum absolute atomic E-state index is 11.5. The third-order valence-corrected chi connectivity index (χ3v) is 1.12. The molecule has 0 spiro atoms. The summed E-state index contributed by atoms with van der Waals surface area (Å²) in [4.78, 5) is 0. The van der Waals surface area contributed by atoms with E-state index in [1.807, 2.05) is 0 Å². The first kappa shape index (κ1) is 10.3. The standard InChI is InChI=1S/C3HF6I/c4-1(2(5,6)7)3(8,9)10/h1H. The normalized spacial score (nSPS) is 17.1. The highest BCUT2D eigenvalue weighted by Gasteiger charge is 2.55. The lowest BCUT2D eigenvalue weighted by Gasteiger charge is -2.16. The Bertz CT molecular complexity index is 97.1. The van der Waals surface area contributed by atoms with Gasteiger partial charge in [-0.3, -0.25) is 0 Å². The molecule has 0 fully saturated rings. The SMILES string of the molecule is FC(C(F)(F)F)C(F)(F)I. The van der Waals surface area contributed by atoms with Gasteiger partial charge in [-0.1, -0.05) is 0 Å². The van der Waals surface area contributed by atoms with E-state index in [1.54, 1.807) is 0 Å². The highest BCUT2D eigenvalue weighted by Crippen LogP contribution is 2.38. The molecule has 0 nitrogen and oxygen atoms in total. The maximum Gasteiger partial charge on any atom is 0.426 e. The Kier molecular flexibility index (Phi) is 2.83. The van der Waals surface area contributed by atoms with Crippen LogP contribution >= 0.6 is 22.6 Å². The zero-order valence-electron chi connectivity index (χ0n) is 4.22. The van der Waals surface area contributed by atoms with Crippen molar-refractivity contribution >= 4 is 22.6 Å². The number of halogens is 7. The Balaban J connectivity index is 4.23. The summed E-state index contributed by atoms with van der Waals surface area (Å²) in [6.45, 7) is 0. The molecule has 10 heavy (non-hydrogen) atoms. The van der Waals surface area contributed by atoms with Crippen LogP contribution < -0.4 is 0 Å². The van der Waals surface area contributed by atoms with Gasteiger partial charge in [0.15, 0.2) is 0 Å². The van der Waals surface area contributed by atoms with Gasteiger partial charge in [0.2, 0.25) is 0 Å². The third kappa shape index (κ3) is 2.93. The van der Waals surface area contributed by atoms with Crippen molar-refractivity contribution < 1.29 is 26.3 Å². The van der Waals surface area contributed by atoms with Gasteiger partial charge in [0.05, 0.1) is 0 Å². The molecular formula is C3HF6I. The first-order valence-electron chi connectivity index (χ1n) is 1.93. The van der Waals surface area contributed by atoms with E-state index >= 15 is 0 Å². The van der Waals surface area contributed by atoms with E-state index < -0.39 is 16.3 Å². The van der Waals surface area contributed by atoms with Crippen molar-refractivity contribution in [1.82, 2.24) is 0 Å². The van der Waals surface area contributed by atoms with Crippen molar-refractivity contribution in [2.24, 2.45) is 0 Å². The van der Waals surface area contributed by atoms with Gasteiger partial charge in [0, 0.05) is 22.6 Å². The average molecular weight is 278 g/mol. The Morgan fingerprint density at radius 2 is 1.30 bits per heavy atom. The van der Waals surface area contributed by atoms with Crippen LogP contribution in [0.1, 0.15) is 0 Å². The van der Waals surface area contributed by atoms with Crippen molar-refractivity contribution in [3.63, 3.8) is 0 Å². The van der Waals surface area contributed by atoms with Gasteiger partial charge in [0.1, 0.15) is 0 Å². The molecule has 0 heterocycles. The Morgan fingerprint density at radius 3 is 1.30 bits per heavy atom. The molecule has 1 unspecified atom stereocenters. The highest BCUT2D eigenvalue weighted by atomic mass is 127. The lowest BCUT2D eigenvalue weighted by molar-refractivity contribution is -0.215. The maximum atomic E-state index is 11.5. The molecule has 0 saturated carbocycles. The van der Waals surface area contributed by atoms with Crippen LogP contribution in [-0.2, 0) is 0 Å². The zero-order chi connectivity index (χ0) is 8.58. The fourth-order valence-electron chi connectivity index (χ4n) is 0.186. The molecule has 0 rings (SSSR count). The molecule has 0 radical (unpaired) electrons. The largest absolute Gasteiger partial charge is 0.426 e. The summed E-state index contributed by atoms with van der Waals surface area (Å²) in [7, 11) is 0. The molecule has 7 heteroatoms. The van der Waals surface area contributed by atoms with Crippen molar-refractivity contribution in [2.75, 3.05) is 0 Å². The molecule has 0 aliphatic rings. The van der Waals surface area contributed by atoms with Crippen molar-refractivity contribution in [3.05, 3.63) is 0 Å². The van der Waals surface area contributed by atoms with Gasteiger partial charge in [-0.05, 0) is 0 Å². The minimum atomic E-state index is -5.48. The first-order chi connectivity index (χ1) is 4.15. The molecular weight excluding hydrogens is 277 g/mol. The summed E-state index contributed by atoms with van der Waals surface area (Å²) < 4.78 is 63.4. The Morgan fingerprint density at radius 1 is 1.00 bits per heavy atom. The van der Waals surface area contributed by atoms with Crippen molar-refractivity contribution in [3.8, 4) is 0 Å². The zero-order valence-corrected chi connectivity index (χ0v) is 6.38. The van der Waals surface area contributed by atoms with Crippen LogP contribution in [0.25, 0.3) is 0 Å². The van der Waals surface area contributed by atoms with Gasteiger partial charge in [-0.25, -0.2) is 4.39 Å². The molecule has 0 aromatic heterocycles. The fraction of sp³-hybridized carbons (Fsp3) is 1.00. The summed E-state index contributed by atoms with van der Waals surface area (Å²) in [6, 6.07) is 0. The second kappa shape index (κ2) is 2.74. The Labute approximate surface area is 65.7 Å². The van der Waals surface area contributed by atoms with Crippen LogP contribution in [0.2, 0.25) is 0 Å². The second-order valence-corrected chi connectivity index (χ2v) is 2.88. The van der Waals surface area contributed by atoms with E-state index in [0.717, 1.165) is 0 Å². The van der Waals surface area contributed by atoms with Crippen LogP contribution in [0.15, 0.2) is 0 Å². The van der Waals surface area contributed by atoms with Crippen LogP contribution in [0.5, 0.6) is 0 Å². The molecule has 0 N–H and O–H groups in total. The molecule has 0 bridgehead atoms. The van der Waals surface area contributed by atoms with Gasteiger partial charge < -0.3 is 0 Å². The summed E-state index contributed by atoms with van der Waals surface area (Å²) >= 11 is 0.0995. The van der Waals surface area contributed by atoms with Crippen LogP contribution in [0, 0.1) is 0 Å². The molecule has 0 aliphatic heterocycles. The number of alkyl halides is 7. The Hall–Kier alpha value is 0.310. The summed E-state index contributed by atoms with van der Waals surface area (Å²) in [5.41, 5.74) is 0. The lowest BCUT2D eigenvalue weighted by Crippen LogP contribution is -2.36. The molecule has 0 amide bonds. The summed E-state index contributed by atoms with van der Waals surface area (Å²) in [5.74, 6) is 0. The lowest BCUT2D eigenvalue weighted by atomic mass is 10.4. The topological polar surface area (TPSA) is 0 Å². The number of hydrogen-bond acceptors (Lipinski definition) is 0. The van der Waals surface area contributed by atoms with Gasteiger partial charge in [-0.2, -0.15) is 22.0 Å². The van der Waals surface area contributed by atoms with E-state index in [1.165, 1.54) is 0 Å².